The number of ether oxygens (including phenoxy) is 1. The zero-order valence-corrected chi connectivity index (χ0v) is 25.3. The smallest absolute Gasteiger partial charge is 0.306 e. The number of fused-ring (bicyclic) bond motifs is 2. The number of nitrogens with one attached hydrogen (secondary N) is 1. The average Bonchev–Trinajstić information content (AvgIpc) is 3.64. The molecule has 2 N–H and O–H groups in total. The third-order valence-electron chi connectivity index (χ3n) is 7.32. The van der Waals surface area contributed by atoms with E-state index in [2.05, 4.69) is 60.2 Å². The molecule has 222 valence electrons. The molecular formula is C33H42N6O3. The van der Waals surface area contributed by atoms with Gasteiger partial charge < -0.3 is 9.84 Å². The van der Waals surface area contributed by atoms with Crippen LogP contribution in [0, 0.1) is 5.92 Å². The number of aromatic nitrogens is 6. The van der Waals surface area contributed by atoms with E-state index in [-0.39, 0.29) is 17.1 Å². The summed E-state index contributed by atoms with van der Waals surface area (Å²) in [6.07, 6.45) is 5.27. The average molecular weight is 571 g/mol. The summed E-state index contributed by atoms with van der Waals surface area (Å²) in [7, 11) is 0. The van der Waals surface area contributed by atoms with E-state index >= 15 is 0 Å². The minimum atomic E-state index is -0.282. The number of nitrogens with zero attached hydrogens (tertiary/aromatic N) is 5. The van der Waals surface area contributed by atoms with Crippen LogP contribution in [0.3, 0.4) is 0 Å². The molecule has 0 aliphatic carbocycles. The van der Waals surface area contributed by atoms with E-state index in [0.29, 0.717) is 31.1 Å². The Hall–Kier alpha value is -4.27. The van der Waals surface area contributed by atoms with Crippen molar-refractivity contribution in [2.45, 2.75) is 78.6 Å². The molecule has 2 aromatic heterocycles. The Morgan fingerprint density at radius 1 is 0.952 bits per heavy atom. The van der Waals surface area contributed by atoms with Crippen molar-refractivity contribution in [2.24, 2.45) is 5.92 Å². The van der Waals surface area contributed by atoms with Crippen molar-refractivity contribution in [3.05, 3.63) is 71.8 Å². The number of H-pyrrole nitrogens is 1. The first kappa shape index (κ1) is 30.7. The number of aromatic amines is 1. The summed E-state index contributed by atoms with van der Waals surface area (Å²) in [6.45, 7) is 11.0. The maximum atomic E-state index is 12.4. The predicted molar refractivity (Wildman–Crippen MR) is 166 cm³/mol. The van der Waals surface area contributed by atoms with E-state index in [4.69, 9.17) is 4.74 Å². The Morgan fingerprint density at radius 2 is 1.55 bits per heavy atom. The van der Waals surface area contributed by atoms with E-state index in [0.717, 1.165) is 52.5 Å². The molecule has 42 heavy (non-hydrogen) atoms. The van der Waals surface area contributed by atoms with Crippen molar-refractivity contribution >= 4 is 28.0 Å². The zero-order chi connectivity index (χ0) is 30.1. The van der Waals surface area contributed by atoms with Gasteiger partial charge in [-0.2, -0.15) is 15.4 Å². The quantitative estimate of drug-likeness (QED) is 0.172. The van der Waals surface area contributed by atoms with Crippen LogP contribution >= 0.6 is 0 Å². The molecule has 0 aliphatic heterocycles. The SMILES string of the molecule is CCCCC(CC)COC(=O)CCc1cc(-n2nc3ccccc3n2)c(O)c(C(C)(C)C)c1.c1ccc2n[nH]nc2c1. The lowest BCUT2D eigenvalue weighted by Crippen LogP contribution is -2.16. The van der Waals surface area contributed by atoms with Crippen molar-refractivity contribution in [1.82, 2.24) is 30.4 Å². The number of esters is 1. The molecule has 9 heteroatoms. The molecule has 0 spiro atoms. The summed E-state index contributed by atoms with van der Waals surface area (Å²) in [5.74, 6) is 0.414. The molecule has 2 heterocycles. The number of benzene rings is 3. The third-order valence-corrected chi connectivity index (χ3v) is 7.32. The van der Waals surface area contributed by atoms with Crippen LogP contribution in [-0.2, 0) is 21.4 Å². The number of phenolic OH excluding ortho intramolecular Hbond substituents is 1. The molecule has 5 aromatic rings. The van der Waals surface area contributed by atoms with Crippen LogP contribution in [0.4, 0.5) is 0 Å². The Labute approximate surface area is 247 Å². The Morgan fingerprint density at radius 3 is 2.10 bits per heavy atom. The van der Waals surface area contributed by atoms with E-state index in [1.54, 1.807) is 0 Å². The molecule has 0 bridgehead atoms. The summed E-state index contributed by atoms with van der Waals surface area (Å²) >= 11 is 0. The highest BCUT2D eigenvalue weighted by Gasteiger charge is 2.23. The van der Waals surface area contributed by atoms with E-state index in [1.165, 1.54) is 11.2 Å². The topological polar surface area (TPSA) is 119 Å². The highest BCUT2D eigenvalue weighted by molar-refractivity contribution is 5.74. The van der Waals surface area contributed by atoms with Gasteiger partial charge >= 0.3 is 5.97 Å². The second-order valence-electron chi connectivity index (χ2n) is 11.7. The van der Waals surface area contributed by atoms with Crippen LogP contribution < -0.4 is 0 Å². The second kappa shape index (κ2) is 14.1. The number of hydrogen-bond acceptors (Lipinski definition) is 7. The Bertz CT molecular complexity index is 1540. The number of carbonyl (C=O) groups is 1. The van der Waals surface area contributed by atoms with Gasteiger partial charge in [0.2, 0.25) is 0 Å². The lowest BCUT2D eigenvalue weighted by molar-refractivity contribution is -0.145. The van der Waals surface area contributed by atoms with E-state index < -0.39 is 0 Å². The number of aromatic hydroxyl groups is 1. The minimum Gasteiger partial charge on any atom is -0.505 e. The summed E-state index contributed by atoms with van der Waals surface area (Å²) in [6, 6.07) is 19.2. The second-order valence-corrected chi connectivity index (χ2v) is 11.7. The maximum absolute atomic E-state index is 12.4. The van der Waals surface area contributed by atoms with E-state index in [9.17, 15) is 9.90 Å². The number of hydrogen-bond donors (Lipinski definition) is 2. The van der Waals surface area contributed by atoms with Crippen LogP contribution in [0.2, 0.25) is 0 Å². The van der Waals surface area contributed by atoms with Gasteiger partial charge in [-0.3, -0.25) is 4.79 Å². The molecule has 0 fully saturated rings. The molecule has 0 saturated heterocycles. The lowest BCUT2D eigenvalue weighted by atomic mass is 9.84. The predicted octanol–water partition coefficient (Wildman–Crippen LogP) is 7.07. The minimum absolute atomic E-state index is 0.163. The molecule has 0 saturated carbocycles. The third kappa shape index (κ3) is 7.93. The van der Waals surface area contributed by atoms with Gasteiger partial charge in [0.1, 0.15) is 33.5 Å². The number of rotatable bonds is 10. The normalized spacial score (nSPS) is 12.2. The zero-order valence-electron chi connectivity index (χ0n) is 25.3. The van der Waals surface area contributed by atoms with Crippen LogP contribution in [0.15, 0.2) is 60.7 Å². The molecule has 0 radical (unpaired) electrons. The van der Waals surface area contributed by atoms with Gasteiger partial charge in [0, 0.05) is 12.0 Å². The number of carbonyl (C=O) groups excluding carboxylic acids is 1. The van der Waals surface area contributed by atoms with Crippen LogP contribution in [0.1, 0.15) is 77.8 Å². The number of aryl methyl sites for hydroxylation is 1. The van der Waals surface area contributed by atoms with Gasteiger partial charge in [-0.05, 0) is 60.1 Å². The molecule has 1 atom stereocenters. The van der Waals surface area contributed by atoms with Crippen molar-refractivity contribution in [2.75, 3.05) is 6.61 Å². The number of phenols is 1. The highest BCUT2D eigenvalue weighted by Crippen LogP contribution is 2.36. The first-order valence-corrected chi connectivity index (χ1v) is 14.8. The summed E-state index contributed by atoms with van der Waals surface area (Å²) in [4.78, 5) is 13.9. The fraction of sp³-hybridized carbons (Fsp3) is 0.424. The Kier molecular flexibility index (Phi) is 10.3. The monoisotopic (exact) mass is 570 g/mol. The molecule has 0 amide bonds. The number of unbranched alkanes of at least 4 members (excludes halogenated alkanes) is 1. The molecule has 1 unspecified atom stereocenters. The molecular weight excluding hydrogens is 528 g/mol. The van der Waals surface area contributed by atoms with Gasteiger partial charge in [-0.1, -0.05) is 84.2 Å². The first-order chi connectivity index (χ1) is 20.2. The molecule has 9 nitrogen and oxygen atoms in total. The Balaban J connectivity index is 0.000000377. The lowest BCUT2D eigenvalue weighted by Gasteiger charge is -2.23. The van der Waals surface area contributed by atoms with Crippen LogP contribution in [0.25, 0.3) is 27.8 Å². The molecule has 0 aliphatic rings. The van der Waals surface area contributed by atoms with Gasteiger partial charge in [0.05, 0.1) is 6.61 Å². The fourth-order valence-electron chi connectivity index (χ4n) is 4.73. The van der Waals surface area contributed by atoms with Crippen molar-refractivity contribution < 1.29 is 14.6 Å². The van der Waals surface area contributed by atoms with E-state index in [1.807, 2.05) is 60.7 Å². The fourth-order valence-corrected chi connectivity index (χ4v) is 4.73. The van der Waals surface area contributed by atoms with Crippen molar-refractivity contribution in [3.8, 4) is 11.4 Å². The maximum Gasteiger partial charge on any atom is 0.306 e. The number of para-hydroxylation sites is 2. The van der Waals surface area contributed by atoms with Crippen LogP contribution in [0.5, 0.6) is 5.75 Å². The summed E-state index contributed by atoms with van der Waals surface area (Å²) in [5, 5.41) is 30.4. The highest BCUT2D eigenvalue weighted by atomic mass is 16.5. The molecule has 3 aromatic carbocycles. The summed E-state index contributed by atoms with van der Waals surface area (Å²) in [5.41, 5.74) is 5.34. The molecule has 5 rings (SSSR count). The first-order valence-electron chi connectivity index (χ1n) is 14.8. The van der Waals surface area contributed by atoms with Crippen molar-refractivity contribution in [3.63, 3.8) is 0 Å². The van der Waals surface area contributed by atoms with Gasteiger partial charge in [-0.15, -0.1) is 15.0 Å². The largest absolute Gasteiger partial charge is 0.505 e. The van der Waals surface area contributed by atoms with Crippen molar-refractivity contribution in [1.29, 1.82) is 0 Å². The summed E-state index contributed by atoms with van der Waals surface area (Å²) < 4.78 is 5.57. The van der Waals surface area contributed by atoms with Crippen LogP contribution in [-0.4, -0.2) is 48.1 Å². The van der Waals surface area contributed by atoms with Gasteiger partial charge in [0.25, 0.3) is 0 Å². The van der Waals surface area contributed by atoms with Gasteiger partial charge in [-0.25, -0.2) is 0 Å². The van der Waals surface area contributed by atoms with Gasteiger partial charge in [0.15, 0.2) is 0 Å². The standard InChI is InChI=1S/C27H37N3O3.C6H5N3/c1-6-8-11-19(7-2)18-33-25(31)15-14-20-16-21(27(3,4)5)26(32)24(17-20)30-28-22-12-9-10-13-23(22)29-30;1-2-4-6-5(3-1)7-9-8-6/h9-10,12-13,16-17,19,32H,6-8,11,14-15,18H2,1-5H3;1-4H,(H,7,8,9).